The Morgan fingerprint density at radius 2 is 1.62 bits per heavy atom. The van der Waals surface area contributed by atoms with Crippen LogP contribution in [0.1, 0.15) is 39.4 Å². The van der Waals surface area contributed by atoms with E-state index in [1.54, 1.807) is 12.2 Å². The topological polar surface area (TPSA) is 95.9 Å². The van der Waals surface area contributed by atoms with Crippen LogP contribution < -0.4 is 5.32 Å². The molecule has 0 spiro atoms. The first-order chi connectivity index (χ1) is 15.5. The number of aromatic carboxylic acids is 1. The summed E-state index contributed by atoms with van der Waals surface area (Å²) in [6.07, 6.45) is 3.53. The first kappa shape index (κ1) is 21.2. The number of carboxylic acid groups (broad SMARTS) is 1. The molecular formula is C26H23NO5. The lowest BCUT2D eigenvalue weighted by Gasteiger charge is -2.14. The van der Waals surface area contributed by atoms with Crippen LogP contribution in [0.25, 0.3) is 17.2 Å². The van der Waals surface area contributed by atoms with Crippen LogP contribution in [0.15, 0.2) is 72.8 Å². The molecule has 0 atom stereocenters. The maximum Gasteiger partial charge on any atom is 0.407 e. The van der Waals surface area contributed by atoms with Crippen LogP contribution in [0.2, 0.25) is 0 Å². The number of carbonyl (C=O) groups is 2. The van der Waals surface area contributed by atoms with Crippen molar-refractivity contribution in [2.75, 3.05) is 13.2 Å². The minimum Gasteiger partial charge on any atom is -0.507 e. The van der Waals surface area contributed by atoms with E-state index in [-0.39, 0.29) is 23.8 Å². The first-order valence-electron chi connectivity index (χ1n) is 10.4. The molecule has 32 heavy (non-hydrogen) atoms. The number of hydrogen-bond acceptors (Lipinski definition) is 4. The molecule has 0 saturated carbocycles. The highest BCUT2D eigenvalue weighted by Crippen LogP contribution is 2.44. The number of benzene rings is 3. The molecule has 3 N–H and O–H groups in total. The Hall–Kier alpha value is -4.06. The fraction of sp³-hybridized carbons (Fsp3) is 0.154. The average molecular weight is 429 g/mol. The number of nitrogens with one attached hydrogen (secondary N) is 1. The molecule has 3 aromatic carbocycles. The van der Waals surface area contributed by atoms with Crippen LogP contribution in [-0.4, -0.2) is 35.4 Å². The molecule has 162 valence electrons. The average Bonchev–Trinajstić information content (AvgIpc) is 3.12. The lowest BCUT2D eigenvalue weighted by Crippen LogP contribution is -2.26. The Labute approximate surface area is 185 Å². The smallest absolute Gasteiger partial charge is 0.407 e. The minimum absolute atomic E-state index is 0.0183. The number of carboxylic acids is 1. The summed E-state index contributed by atoms with van der Waals surface area (Å²) in [4.78, 5) is 23.1. The van der Waals surface area contributed by atoms with E-state index in [0.717, 1.165) is 11.1 Å². The van der Waals surface area contributed by atoms with Crippen molar-refractivity contribution in [3.63, 3.8) is 0 Å². The van der Waals surface area contributed by atoms with Gasteiger partial charge in [0.15, 0.2) is 0 Å². The molecule has 1 aliphatic carbocycles. The summed E-state index contributed by atoms with van der Waals surface area (Å²) in [5.41, 5.74) is 5.23. The molecule has 4 rings (SSSR count). The van der Waals surface area contributed by atoms with Gasteiger partial charge in [0, 0.05) is 18.0 Å². The van der Waals surface area contributed by atoms with Crippen molar-refractivity contribution in [2.45, 2.75) is 12.3 Å². The van der Waals surface area contributed by atoms with Gasteiger partial charge in [-0.25, -0.2) is 9.59 Å². The van der Waals surface area contributed by atoms with Crippen molar-refractivity contribution in [1.29, 1.82) is 0 Å². The first-order valence-corrected chi connectivity index (χ1v) is 10.4. The van der Waals surface area contributed by atoms with Crippen LogP contribution in [-0.2, 0) is 4.74 Å². The second-order valence-electron chi connectivity index (χ2n) is 7.52. The van der Waals surface area contributed by atoms with E-state index in [4.69, 9.17) is 9.84 Å². The summed E-state index contributed by atoms with van der Waals surface area (Å²) in [6.45, 7) is 0.640. The number of ether oxygens (including phenoxy) is 1. The minimum atomic E-state index is -1.09. The van der Waals surface area contributed by atoms with E-state index in [2.05, 4.69) is 29.6 Å². The molecule has 1 amide bonds. The zero-order chi connectivity index (χ0) is 22.5. The van der Waals surface area contributed by atoms with E-state index < -0.39 is 12.1 Å². The van der Waals surface area contributed by atoms with E-state index in [9.17, 15) is 14.7 Å². The maximum absolute atomic E-state index is 12.2. The number of rotatable bonds is 7. The second kappa shape index (κ2) is 9.39. The van der Waals surface area contributed by atoms with Crippen LogP contribution >= 0.6 is 0 Å². The van der Waals surface area contributed by atoms with Crippen molar-refractivity contribution in [2.24, 2.45) is 0 Å². The predicted molar refractivity (Wildman–Crippen MR) is 122 cm³/mol. The molecule has 0 aromatic heterocycles. The normalized spacial score (nSPS) is 12.4. The molecule has 0 fully saturated rings. The number of phenols is 1. The molecular weight excluding hydrogens is 406 g/mol. The Kier molecular flexibility index (Phi) is 6.22. The molecule has 0 unspecified atom stereocenters. The summed E-state index contributed by atoms with van der Waals surface area (Å²) in [5, 5.41) is 21.5. The Balaban J connectivity index is 1.27. The number of aromatic hydroxyl groups is 1. The summed E-state index contributed by atoms with van der Waals surface area (Å²) < 4.78 is 5.49. The monoisotopic (exact) mass is 429 g/mol. The third kappa shape index (κ3) is 4.49. The van der Waals surface area contributed by atoms with Gasteiger partial charge in [0.2, 0.25) is 0 Å². The fourth-order valence-corrected chi connectivity index (χ4v) is 3.93. The van der Waals surface area contributed by atoms with Crippen LogP contribution in [0.4, 0.5) is 4.79 Å². The molecule has 1 aliphatic rings. The van der Waals surface area contributed by atoms with Gasteiger partial charge in [-0.3, -0.25) is 0 Å². The van der Waals surface area contributed by atoms with Crippen LogP contribution in [0.5, 0.6) is 5.75 Å². The van der Waals surface area contributed by atoms with E-state index in [1.807, 2.05) is 24.3 Å². The number of carbonyl (C=O) groups excluding carboxylic acids is 1. The Bertz CT molecular complexity index is 1140. The maximum atomic E-state index is 12.2. The van der Waals surface area contributed by atoms with E-state index >= 15 is 0 Å². The summed E-state index contributed by atoms with van der Waals surface area (Å²) in [5.74, 6) is -1.18. The number of fused-ring (bicyclic) bond motifs is 3. The van der Waals surface area contributed by atoms with Gasteiger partial charge >= 0.3 is 12.1 Å². The number of amides is 1. The van der Waals surface area contributed by atoms with Crippen molar-refractivity contribution in [3.05, 3.63) is 95.1 Å². The van der Waals surface area contributed by atoms with Crippen LogP contribution in [0, 0.1) is 0 Å². The number of alkyl carbamates (subject to hydrolysis) is 1. The predicted octanol–water partition coefficient (Wildman–Crippen LogP) is 5.03. The lowest BCUT2D eigenvalue weighted by molar-refractivity contribution is 0.0696. The number of hydrogen-bond donors (Lipinski definition) is 3. The van der Waals surface area contributed by atoms with Gasteiger partial charge in [-0.2, -0.15) is 0 Å². The zero-order valence-electron chi connectivity index (χ0n) is 17.3. The third-order valence-corrected chi connectivity index (χ3v) is 5.50. The second-order valence-corrected chi connectivity index (χ2v) is 7.52. The third-order valence-electron chi connectivity index (χ3n) is 5.50. The molecule has 0 aliphatic heterocycles. The highest BCUT2D eigenvalue weighted by molar-refractivity contribution is 5.88. The quantitative estimate of drug-likeness (QED) is 0.458. The van der Waals surface area contributed by atoms with Gasteiger partial charge in [-0.1, -0.05) is 66.7 Å². The van der Waals surface area contributed by atoms with Gasteiger partial charge in [0.1, 0.15) is 12.4 Å². The van der Waals surface area contributed by atoms with Crippen molar-refractivity contribution in [1.82, 2.24) is 5.32 Å². The van der Waals surface area contributed by atoms with Gasteiger partial charge in [0.25, 0.3) is 0 Å². The molecule has 6 heteroatoms. The molecule has 3 aromatic rings. The summed E-state index contributed by atoms with van der Waals surface area (Å²) in [7, 11) is 0. The SMILES string of the molecule is O=C(NCCC=Cc1ccc(C(=O)O)cc1O)OCC1c2ccccc2-c2ccccc21. The van der Waals surface area contributed by atoms with Crippen LogP contribution in [0.3, 0.4) is 0 Å². The van der Waals surface area contributed by atoms with Gasteiger partial charge < -0.3 is 20.3 Å². The fourth-order valence-electron chi connectivity index (χ4n) is 3.93. The molecule has 0 heterocycles. The Morgan fingerprint density at radius 1 is 0.969 bits per heavy atom. The van der Waals surface area contributed by atoms with Gasteiger partial charge in [-0.15, -0.1) is 0 Å². The zero-order valence-corrected chi connectivity index (χ0v) is 17.3. The van der Waals surface area contributed by atoms with Gasteiger partial charge in [0.05, 0.1) is 5.56 Å². The summed E-state index contributed by atoms with van der Waals surface area (Å²) in [6, 6.07) is 20.5. The molecule has 0 saturated heterocycles. The van der Waals surface area contributed by atoms with Crippen molar-refractivity contribution < 1.29 is 24.5 Å². The lowest BCUT2D eigenvalue weighted by atomic mass is 9.98. The largest absolute Gasteiger partial charge is 0.507 e. The molecule has 6 nitrogen and oxygen atoms in total. The number of phenolic OH excluding ortho intramolecular Hbond substituents is 1. The summed E-state index contributed by atoms with van der Waals surface area (Å²) >= 11 is 0. The molecule has 0 bridgehead atoms. The molecule has 0 radical (unpaired) electrons. The standard InChI is InChI=1S/C26H23NO5/c28-24-15-18(25(29)30)13-12-17(24)7-5-6-14-27-26(31)32-16-23-21-10-3-1-8-19(21)20-9-2-4-11-22(20)23/h1-5,7-13,15,23,28H,6,14,16H2,(H,27,31)(H,29,30). The van der Waals surface area contributed by atoms with E-state index in [0.29, 0.717) is 18.5 Å². The van der Waals surface area contributed by atoms with Crippen molar-refractivity contribution >= 4 is 18.1 Å². The van der Waals surface area contributed by atoms with E-state index in [1.165, 1.54) is 29.3 Å². The Morgan fingerprint density at radius 3 is 2.25 bits per heavy atom. The van der Waals surface area contributed by atoms with Crippen molar-refractivity contribution in [3.8, 4) is 16.9 Å². The van der Waals surface area contributed by atoms with Gasteiger partial charge in [-0.05, 0) is 40.8 Å². The highest BCUT2D eigenvalue weighted by atomic mass is 16.5. The highest BCUT2D eigenvalue weighted by Gasteiger charge is 2.28.